The molecule has 1 aliphatic carbocycles. The van der Waals surface area contributed by atoms with Crippen LogP contribution in [0.2, 0.25) is 0 Å². The van der Waals surface area contributed by atoms with E-state index in [4.69, 9.17) is 0 Å². The number of phenolic OH excluding ortho intramolecular Hbond substituents is 1. The number of benzene rings is 1. The Morgan fingerprint density at radius 1 is 1.21 bits per heavy atom. The predicted molar refractivity (Wildman–Crippen MR) is 57.3 cm³/mol. The molecular weight excluding hydrogens is 174 g/mol. The van der Waals surface area contributed by atoms with Gasteiger partial charge in [-0.1, -0.05) is 18.2 Å². The molecule has 1 N–H and O–H groups in total. The standard InChI is InChI=1S/C12H17NO/c1-13(2)12(8-5-9-12)10-6-3-4-7-11(10)14/h3-4,6-7,14H,5,8-9H2,1-2H3. The Labute approximate surface area is 85.2 Å². The summed E-state index contributed by atoms with van der Waals surface area (Å²) in [5, 5.41) is 9.83. The molecule has 0 spiro atoms. The third-order valence-electron chi connectivity index (χ3n) is 3.44. The molecule has 1 aliphatic rings. The third kappa shape index (κ3) is 1.22. The van der Waals surface area contributed by atoms with Gasteiger partial charge in [-0.15, -0.1) is 0 Å². The Morgan fingerprint density at radius 3 is 2.29 bits per heavy atom. The summed E-state index contributed by atoms with van der Waals surface area (Å²) in [7, 11) is 4.18. The summed E-state index contributed by atoms with van der Waals surface area (Å²) >= 11 is 0. The van der Waals surface area contributed by atoms with Gasteiger partial charge in [-0.2, -0.15) is 0 Å². The van der Waals surface area contributed by atoms with Crippen LogP contribution in [0.4, 0.5) is 0 Å². The molecule has 0 saturated heterocycles. The van der Waals surface area contributed by atoms with Crippen LogP contribution in [0.25, 0.3) is 0 Å². The molecule has 76 valence electrons. The van der Waals surface area contributed by atoms with Gasteiger partial charge in [0.2, 0.25) is 0 Å². The molecule has 0 bridgehead atoms. The fraction of sp³-hybridized carbons (Fsp3) is 0.500. The molecule has 2 rings (SSSR count). The van der Waals surface area contributed by atoms with E-state index in [1.54, 1.807) is 6.07 Å². The minimum absolute atomic E-state index is 0.0886. The van der Waals surface area contributed by atoms with E-state index < -0.39 is 0 Å². The number of phenols is 1. The summed E-state index contributed by atoms with van der Waals surface area (Å²) in [5.41, 5.74) is 1.17. The maximum atomic E-state index is 9.83. The lowest BCUT2D eigenvalue weighted by Gasteiger charge is -2.48. The second-order valence-corrected chi connectivity index (χ2v) is 4.30. The predicted octanol–water partition coefficient (Wildman–Crippen LogP) is 2.33. The van der Waals surface area contributed by atoms with Crippen LogP contribution in [0.3, 0.4) is 0 Å². The molecule has 0 amide bonds. The van der Waals surface area contributed by atoms with Gasteiger partial charge in [0, 0.05) is 11.1 Å². The van der Waals surface area contributed by atoms with Crippen molar-refractivity contribution in [2.24, 2.45) is 0 Å². The van der Waals surface area contributed by atoms with Crippen molar-refractivity contribution in [2.75, 3.05) is 14.1 Å². The van der Waals surface area contributed by atoms with Gasteiger partial charge < -0.3 is 5.11 Å². The first-order chi connectivity index (χ1) is 6.67. The molecule has 2 nitrogen and oxygen atoms in total. The van der Waals surface area contributed by atoms with Gasteiger partial charge in [-0.25, -0.2) is 0 Å². The average Bonchev–Trinajstić information content (AvgIpc) is 2.05. The molecule has 1 aromatic rings. The Kier molecular flexibility index (Phi) is 2.23. The van der Waals surface area contributed by atoms with Crippen molar-refractivity contribution in [1.82, 2.24) is 4.90 Å². The quantitative estimate of drug-likeness (QED) is 0.775. The van der Waals surface area contributed by atoms with E-state index in [2.05, 4.69) is 19.0 Å². The van der Waals surface area contributed by atoms with Gasteiger partial charge in [0.05, 0.1) is 0 Å². The second kappa shape index (κ2) is 3.28. The van der Waals surface area contributed by atoms with Gasteiger partial charge in [0.1, 0.15) is 5.75 Å². The highest BCUT2D eigenvalue weighted by atomic mass is 16.3. The van der Waals surface area contributed by atoms with Crippen LogP contribution < -0.4 is 0 Å². The summed E-state index contributed by atoms with van der Waals surface area (Å²) in [4.78, 5) is 2.23. The number of para-hydroxylation sites is 1. The van der Waals surface area contributed by atoms with Crippen LogP contribution in [0.5, 0.6) is 5.75 Å². The average molecular weight is 191 g/mol. The van der Waals surface area contributed by atoms with E-state index in [0.717, 1.165) is 18.4 Å². The molecule has 0 aliphatic heterocycles. The molecule has 14 heavy (non-hydrogen) atoms. The van der Waals surface area contributed by atoms with E-state index in [0.29, 0.717) is 5.75 Å². The summed E-state index contributed by atoms with van der Waals surface area (Å²) in [6.07, 6.45) is 3.56. The van der Waals surface area contributed by atoms with Crippen LogP contribution in [-0.4, -0.2) is 24.1 Å². The van der Waals surface area contributed by atoms with Crippen LogP contribution >= 0.6 is 0 Å². The summed E-state index contributed by atoms with van der Waals surface area (Å²) < 4.78 is 0. The van der Waals surface area contributed by atoms with Gasteiger partial charge in [-0.05, 0) is 39.4 Å². The number of rotatable bonds is 2. The monoisotopic (exact) mass is 191 g/mol. The fourth-order valence-electron chi connectivity index (χ4n) is 2.34. The van der Waals surface area contributed by atoms with Gasteiger partial charge in [0.15, 0.2) is 0 Å². The lowest BCUT2D eigenvalue weighted by Crippen LogP contribution is -2.47. The third-order valence-corrected chi connectivity index (χ3v) is 3.44. The zero-order chi connectivity index (χ0) is 10.2. The molecular formula is C12H17NO. The number of nitrogens with zero attached hydrogens (tertiary/aromatic N) is 1. The van der Waals surface area contributed by atoms with Gasteiger partial charge in [0.25, 0.3) is 0 Å². The summed E-state index contributed by atoms with van der Waals surface area (Å²) in [6.45, 7) is 0. The van der Waals surface area contributed by atoms with Crippen molar-refractivity contribution in [2.45, 2.75) is 24.8 Å². The normalized spacial score (nSPS) is 19.4. The maximum Gasteiger partial charge on any atom is 0.120 e. The first kappa shape index (κ1) is 9.53. The van der Waals surface area contributed by atoms with Crippen molar-refractivity contribution in [1.29, 1.82) is 0 Å². The Bertz CT molecular complexity index is 329. The minimum Gasteiger partial charge on any atom is -0.508 e. The summed E-state index contributed by atoms with van der Waals surface area (Å²) in [5.74, 6) is 0.431. The molecule has 1 saturated carbocycles. The highest BCUT2D eigenvalue weighted by Gasteiger charge is 2.42. The van der Waals surface area contributed by atoms with Crippen molar-refractivity contribution in [3.63, 3.8) is 0 Å². The van der Waals surface area contributed by atoms with Gasteiger partial charge >= 0.3 is 0 Å². The molecule has 0 aromatic heterocycles. The molecule has 2 heteroatoms. The minimum atomic E-state index is 0.0886. The van der Waals surface area contributed by atoms with E-state index in [1.165, 1.54) is 6.42 Å². The van der Waals surface area contributed by atoms with E-state index in [1.807, 2.05) is 18.2 Å². The Balaban J connectivity index is 2.42. The van der Waals surface area contributed by atoms with Crippen LogP contribution in [0.1, 0.15) is 24.8 Å². The van der Waals surface area contributed by atoms with Crippen molar-refractivity contribution >= 4 is 0 Å². The lowest BCUT2D eigenvalue weighted by atomic mass is 9.70. The van der Waals surface area contributed by atoms with Crippen LogP contribution in [0, 0.1) is 0 Å². The zero-order valence-corrected chi connectivity index (χ0v) is 8.83. The van der Waals surface area contributed by atoms with Gasteiger partial charge in [-0.3, -0.25) is 4.90 Å². The molecule has 0 unspecified atom stereocenters. The Morgan fingerprint density at radius 2 is 1.86 bits per heavy atom. The lowest BCUT2D eigenvalue weighted by molar-refractivity contribution is 0.0551. The van der Waals surface area contributed by atoms with E-state index >= 15 is 0 Å². The fourth-order valence-corrected chi connectivity index (χ4v) is 2.34. The van der Waals surface area contributed by atoms with Crippen molar-refractivity contribution < 1.29 is 5.11 Å². The number of hydrogen-bond acceptors (Lipinski definition) is 2. The second-order valence-electron chi connectivity index (χ2n) is 4.30. The first-order valence-corrected chi connectivity index (χ1v) is 5.13. The Hall–Kier alpha value is -1.02. The number of aromatic hydroxyl groups is 1. The molecule has 0 atom stereocenters. The van der Waals surface area contributed by atoms with Crippen molar-refractivity contribution in [3.8, 4) is 5.75 Å². The smallest absolute Gasteiger partial charge is 0.120 e. The maximum absolute atomic E-state index is 9.83. The number of hydrogen-bond donors (Lipinski definition) is 1. The van der Waals surface area contributed by atoms with E-state index in [-0.39, 0.29) is 5.54 Å². The van der Waals surface area contributed by atoms with Crippen LogP contribution in [-0.2, 0) is 5.54 Å². The molecule has 1 aromatic carbocycles. The van der Waals surface area contributed by atoms with Crippen molar-refractivity contribution in [3.05, 3.63) is 29.8 Å². The highest BCUT2D eigenvalue weighted by Crippen LogP contribution is 2.47. The van der Waals surface area contributed by atoms with E-state index in [9.17, 15) is 5.11 Å². The first-order valence-electron chi connectivity index (χ1n) is 5.13. The SMILES string of the molecule is CN(C)C1(c2ccccc2O)CCC1. The summed E-state index contributed by atoms with van der Waals surface area (Å²) in [6, 6.07) is 7.69. The largest absolute Gasteiger partial charge is 0.508 e. The molecule has 0 heterocycles. The molecule has 0 radical (unpaired) electrons. The molecule has 1 fully saturated rings. The zero-order valence-electron chi connectivity index (χ0n) is 8.83. The highest BCUT2D eigenvalue weighted by molar-refractivity contribution is 5.39. The van der Waals surface area contributed by atoms with Crippen LogP contribution in [0.15, 0.2) is 24.3 Å². The topological polar surface area (TPSA) is 23.5 Å².